The van der Waals surface area contributed by atoms with Gasteiger partial charge in [0.1, 0.15) is 11.6 Å². The highest BCUT2D eigenvalue weighted by atomic mass is 16.1. The summed E-state index contributed by atoms with van der Waals surface area (Å²) >= 11 is 0. The second-order valence-electron chi connectivity index (χ2n) is 9.16. The van der Waals surface area contributed by atoms with Crippen LogP contribution in [0.2, 0.25) is 0 Å². The van der Waals surface area contributed by atoms with Crippen molar-refractivity contribution >= 4 is 11.6 Å². The maximum Gasteiger partial charge on any atom is 0.139 e. The number of hydrogen-bond donors (Lipinski definition) is 0. The number of fused-ring (bicyclic) bond motifs is 5. The first-order valence-corrected chi connectivity index (χ1v) is 9.33. The van der Waals surface area contributed by atoms with Crippen molar-refractivity contribution in [2.24, 2.45) is 34.0 Å². The molecule has 0 bridgehead atoms. The van der Waals surface area contributed by atoms with Crippen LogP contribution in [0.4, 0.5) is 0 Å². The van der Waals surface area contributed by atoms with Crippen molar-refractivity contribution in [2.45, 2.75) is 71.6 Å². The Hall–Kier alpha value is -1.17. The van der Waals surface area contributed by atoms with Crippen molar-refractivity contribution in [3.8, 4) is 6.07 Å². The Kier molecular flexibility index (Phi) is 3.13. The van der Waals surface area contributed by atoms with E-state index in [4.69, 9.17) is 0 Å². The van der Waals surface area contributed by atoms with E-state index in [-0.39, 0.29) is 16.6 Å². The van der Waals surface area contributed by atoms with E-state index in [1.165, 1.54) is 0 Å². The quantitative estimate of drug-likeness (QED) is 0.677. The van der Waals surface area contributed by atoms with E-state index in [0.29, 0.717) is 36.4 Å². The summed E-state index contributed by atoms with van der Waals surface area (Å²) in [6.45, 7) is 4.49. The molecule has 4 rings (SSSR count). The molecule has 0 heterocycles. The van der Waals surface area contributed by atoms with E-state index in [0.717, 1.165) is 44.9 Å². The first-order chi connectivity index (χ1) is 10.9. The fourth-order valence-corrected chi connectivity index (χ4v) is 7.07. The third kappa shape index (κ3) is 1.76. The number of hydrogen-bond acceptors (Lipinski definition) is 3. The van der Waals surface area contributed by atoms with Crippen LogP contribution < -0.4 is 0 Å². The van der Waals surface area contributed by atoms with E-state index in [9.17, 15) is 14.9 Å². The minimum absolute atomic E-state index is 0.0362. The van der Waals surface area contributed by atoms with Crippen LogP contribution in [0, 0.1) is 45.3 Å². The number of nitriles is 1. The van der Waals surface area contributed by atoms with E-state index >= 15 is 0 Å². The lowest BCUT2D eigenvalue weighted by Crippen LogP contribution is -2.58. The summed E-state index contributed by atoms with van der Waals surface area (Å²) < 4.78 is 0. The van der Waals surface area contributed by atoms with Crippen molar-refractivity contribution < 1.29 is 9.59 Å². The molecule has 0 unspecified atom stereocenters. The standard InChI is InChI=1S/C20H27NO2/c1-18-8-7-16-14(15(18)3-4-17(18)23)6-10-20(12-21)11-13(22)5-9-19(16,20)2/h14-16H,3-11H2,1-2H3/t14-,15+,16+,18+,19-,20+/m1/s1. The van der Waals surface area contributed by atoms with Crippen LogP contribution in [0.15, 0.2) is 0 Å². The lowest BCUT2D eigenvalue weighted by Gasteiger charge is -2.62. The topological polar surface area (TPSA) is 57.9 Å². The van der Waals surface area contributed by atoms with Gasteiger partial charge in [-0.3, -0.25) is 9.59 Å². The Balaban J connectivity index is 1.73. The molecular formula is C20H27NO2. The normalized spacial score (nSPS) is 52.3. The number of Topliss-reactive ketones (excluding diaryl/α,β-unsaturated/α-hetero) is 2. The van der Waals surface area contributed by atoms with E-state index in [1.54, 1.807) is 0 Å². The Morgan fingerprint density at radius 1 is 1.00 bits per heavy atom. The predicted molar refractivity (Wildman–Crippen MR) is 86.3 cm³/mol. The summed E-state index contributed by atoms with van der Waals surface area (Å²) in [5.41, 5.74) is -0.583. The minimum atomic E-state index is -0.445. The molecule has 0 amide bonds. The molecule has 4 saturated carbocycles. The number of carbonyl (C=O) groups is 2. The van der Waals surface area contributed by atoms with Gasteiger partial charge in [-0.2, -0.15) is 5.26 Å². The molecule has 0 radical (unpaired) electrons. The fraction of sp³-hybridized carbons (Fsp3) is 0.850. The van der Waals surface area contributed by atoms with Crippen molar-refractivity contribution in [2.75, 3.05) is 0 Å². The largest absolute Gasteiger partial charge is 0.300 e. The highest BCUT2D eigenvalue weighted by Gasteiger charge is 2.65. The first kappa shape index (κ1) is 15.4. The molecule has 0 aromatic rings. The van der Waals surface area contributed by atoms with Gasteiger partial charge in [-0.25, -0.2) is 0 Å². The van der Waals surface area contributed by atoms with Crippen LogP contribution in [0.5, 0.6) is 0 Å². The summed E-state index contributed by atoms with van der Waals surface area (Å²) in [4.78, 5) is 24.5. The molecule has 4 aliphatic rings. The molecule has 3 nitrogen and oxygen atoms in total. The van der Waals surface area contributed by atoms with Gasteiger partial charge >= 0.3 is 0 Å². The summed E-state index contributed by atoms with van der Waals surface area (Å²) in [6.07, 6.45) is 7.72. The van der Waals surface area contributed by atoms with E-state index in [1.807, 2.05) is 0 Å². The number of nitrogens with zero attached hydrogens (tertiary/aromatic N) is 1. The van der Waals surface area contributed by atoms with Gasteiger partial charge in [0.2, 0.25) is 0 Å². The highest BCUT2D eigenvalue weighted by Crippen LogP contribution is 2.68. The monoisotopic (exact) mass is 313 g/mol. The van der Waals surface area contributed by atoms with Crippen LogP contribution in [0.1, 0.15) is 71.6 Å². The van der Waals surface area contributed by atoms with Gasteiger partial charge in [0.15, 0.2) is 0 Å². The van der Waals surface area contributed by atoms with E-state index < -0.39 is 5.41 Å². The highest BCUT2D eigenvalue weighted by molar-refractivity contribution is 5.87. The second kappa shape index (κ2) is 4.68. The fourth-order valence-electron chi connectivity index (χ4n) is 7.07. The Morgan fingerprint density at radius 2 is 1.78 bits per heavy atom. The summed E-state index contributed by atoms with van der Waals surface area (Å²) in [5, 5.41) is 9.97. The SMILES string of the molecule is C[C@]12CC[C@H]3[C@H](CC[C@@]4(C#N)CC(=O)CC[C@]34C)[C@@H]1CCC2=O. The van der Waals surface area contributed by atoms with Crippen molar-refractivity contribution in [3.05, 3.63) is 0 Å². The molecular weight excluding hydrogens is 286 g/mol. The second-order valence-corrected chi connectivity index (χ2v) is 9.16. The lowest BCUT2D eigenvalue weighted by molar-refractivity contribution is -0.154. The molecule has 23 heavy (non-hydrogen) atoms. The molecule has 124 valence electrons. The van der Waals surface area contributed by atoms with Crippen molar-refractivity contribution in [1.29, 1.82) is 5.26 Å². The minimum Gasteiger partial charge on any atom is -0.300 e. The molecule has 6 atom stereocenters. The predicted octanol–water partition coefficient (Wildman–Crippen LogP) is 4.06. The van der Waals surface area contributed by atoms with Crippen molar-refractivity contribution in [3.63, 3.8) is 0 Å². The zero-order chi connectivity index (χ0) is 16.5. The molecule has 0 aromatic heterocycles. The first-order valence-electron chi connectivity index (χ1n) is 9.33. The molecule has 0 N–H and O–H groups in total. The third-order valence-electron chi connectivity index (χ3n) is 8.60. The lowest BCUT2D eigenvalue weighted by atomic mass is 9.40. The van der Waals surface area contributed by atoms with Crippen LogP contribution in [-0.2, 0) is 9.59 Å². The van der Waals surface area contributed by atoms with Gasteiger partial charge in [-0.05, 0) is 61.7 Å². The Bertz CT molecular complexity index is 620. The summed E-state index contributed by atoms with van der Waals surface area (Å²) in [7, 11) is 0. The molecule has 3 heteroatoms. The van der Waals surface area contributed by atoms with Gasteiger partial charge in [-0.1, -0.05) is 13.8 Å². The average molecular weight is 313 g/mol. The van der Waals surface area contributed by atoms with E-state index in [2.05, 4.69) is 19.9 Å². The molecule has 0 aromatic carbocycles. The molecule has 0 saturated heterocycles. The molecule has 0 aliphatic heterocycles. The van der Waals surface area contributed by atoms with Gasteiger partial charge in [0.05, 0.1) is 11.5 Å². The number of carbonyl (C=O) groups excluding carboxylic acids is 2. The molecule has 4 fully saturated rings. The van der Waals surface area contributed by atoms with Crippen LogP contribution in [0.3, 0.4) is 0 Å². The van der Waals surface area contributed by atoms with Crippen molar-refractivity contribution in [1.82, 2.24) is 0 Å². The Labute approximate surface area is 138 Å². The summed E-state index contributed by atoms with van der Waals surface area (Å²) in [6, 6.07) is 2.61. The summed E-state index contributed by atoms with van der Waals surface area (Å²) in [5.74, 6) is 2.37. The average Bonchev–Trinajstić information content (AvgIpc) is 2.84. The number of ketones is 2. The van der Waals surface area contributed by atoms with Gasteiger partial charge in [-0.15, -0.1) is 0 Å². The molecule has 0 spiro atoms. The molecule has 4 aliphatic carbocycles. The van der Waals surface area contributed by atoms with Crippen LogP contribution >= 0.6 is 0 Å². The van der Waals surface area contributed by atoms with Crippen LogP contribution in [-0.4, -0.2) is 11.6 Å². The zero-order valence-electron chi connectivity index (χ0n) is 14.4. The maximum absolute atomic E-state index is 12.4. The number of rotatable bonds is 0. The van der Waals surface area contributed by atoms with Gasteiger partial charge in [0.25, 0.3) is 0 Å². The van der Waals surface area contributed by atoms with Gasteiger partial charge in [0, 0.05) is 24.7 Å². The van der Waals surface area contributed by atoms with Gasteiger partial charge < -0.3 is 0 Å². The third-order valence-corrected chi connectivity index (χ3v) is 8.60. The Morgan fingerprint density at radius 3 is 2.52 bits per heavy atom. The maximum atomic E-state index is 12.4. The smallest absolute Gasteiger partial charge is 0.139 e. The van der Waals surface area contributed by atoms with Crippen LogP contribution in [0.25, 0.3) is 0 Å². The zero-order valence-corrected chi connectivity index (χ0v) is 14.4.